The first-order valence-corrected chi connectivity index (χ1v) is 6.09. The van der Waals surface area contributed by atoms with Crippen molar-refractivity contribution >= 4 is 17.4 Å². The van der Waals surface area contributed by atoms with Crippen LogP contribution in [0.4, 0.5) is 4.79 Å². The van der Waals surface area contributed by atoms with Crippen LogP contribution in [0, 0.1) is 6.92 Å². The predicted molar refractivity (Wildman–Crippen MR) is 61.4 cm³/mol. The Labute approximate surface area is 98.2 Å². The molecule has 88 valence electrons. The highest BCUT2D eigenvalue weighted by atomic mass is 32.1. The van der Waals surface area contributed by atoms with E-state index < -0.39 is 0 Å². The summed E-state index contributed by atoms with van der Waals surface area (Å²) in [7, 11) is 0. The largest absolute Gasteiger partial charge is 0.379 e. The van der Waals surface area contributed by atoms with Gasteiger partial charge in [-0.25, -0.2) is 9.78 Å². The minimum absolute atomic E-state index is 0.150. The smallest absolute Gasteiger partial charge is 0.315 e. The van der Waals surface area contributed by atoms with Crippen LogP contribution in [0.3, 0.4) is 0 Å². The zero-order valence-electron chi connectivity index (χ0n) is 9.16. The number of hydrogen-bond acceptors (Lipinski definition) is 4. The molecular weight excluding hydrogens is 226 g/mol. The summed E-state index contributed by atoms with van der Waals surface area (Å²) in [6.07, 6.45) is 2.70. The van der Waals surface area contributed by atoms with E-state index >= 15 is 0 Å². The second-order valence-electron chi connectivity index (χ2n) is 3.75. The molecule has 2 heterocycles. The van der Waals surface area contributed by atoms with E-state index in [4.69, 9.17) is 4.74 Å². The summed E-state index contributed by atoms with van der Waals surface area (Å²) in [5.74, 6) is 0. The highest BCUT2D eigenvalue weighted by Crippen LogP contribution is 2.10. The number of carbonyl (C=O) groups excluding carboxylic acids is 1. The second-order valence-corrected chi connectivity index (χ2v) is 5.07. The lowest BCUT2D eigenvalue weighted by atomic mass is 10.3. The summed E-state index contributed by atoms with van der Waals surface area (Å²) in [4.78, 5) is 16.8. The van der Waals surface area contributed by atoms with E-state index in [0.29, 0.717) is 13.2 Å². The molecular formula is C10H15N3O2S. The molecule has 2 N–H and O–H groups in total. The molecule has 0 aromatic carbocycles. The lowest BCUT2D eigenvalue weighted by Gasteiger charge is -2.10. The molecule has 0 bridgehead atoms. The third-order valence-electron chi connectivity index (χ3n) is 2.33. The van der Waals surface area contributed by atoms with Gasteiger partial charge in [-0.15, -0.1) is 11.3 Å². The number of thiazole rings is 1. The summed E-state index contributed by atoms with van der Waals surface area (Å²) >= 11 is 1.59. The Morgan fingerprint density at radius 2 is 2.62 bits per heavy atom. The van der Waals surface area contributed by atoms with Gasteiger partial charge in [0.05, 0.1) is 19.2 Å². The van der Waals surface area contributed by atoms with Gasteiger partial charge in [-0.3, -0.25) is 0 Å². The Hall–Kier alpha value is -1.14. The number of amides is 2. The second kappa shape index (κ2) is 5.27. The number of nitrogens with one attached hydrogen (secondary N) is 2. The quantitative estimate of drug-likeness (QED) is 0.831. The van der Waals surface area contributed by atoms with Gasteiger partial charge in [-0.2, -0.15) is 0 Å². The molecule has 2 rings (SSSR count). The first-order valence-electron chi connectivity index (χ1n) is 5.27. The summed E-state index contributed by atoms with van der Waals surface area (Å²) in [5.41, 5.74) is 0. The third-order valence-corrected chi connectivity index (χ3v) is 3.25. The van der Waals surface area contributed by atoms with Crippen LogP contribution in [-0.4, -0.2) is 30.3 Å². The third kappa shape index (κ3) is 3.18. The average molecular weight is 241 g/mol. The Morgan fingerprint density at radius 1 is 1.75 bits per heavy atom. The lowest BCUT2D eigenvalue weighted by molar-refractivity contribution is 0.188. The summed E-state index contributed by atoms with van der Waals surface area (Å²) in [6, 6.07) is 0.00128. The number of nitrogens with zero attached hydrogens (tertiary/aromatic N) is 1. The number of rotatable bonds is 3. The minimum atomic E-state index is -0.150. The molecule has 1 aliphatic heterocycles. The Morgan fingerprint density at radius 3 is 3.25 bits per heavy atom. The van der Waals surface area contributed by atoms with E-state index in [1.165, 1.54) is 0 Å². The predicted octanol–water partition coefficient (Wildman–Crippen LogP) is 1.04. The molecule has 0 radical (unpaired) electrons. The van der Waals surface area contributed by atoms with Crippen LogP contribution in [0.5, 0.6) is 0 Å². The van der Waals surface area contributed by atoms with Crippen molar-refractivity contribution < 1.29 is 9.53 Å². The van der Waals surface area contributed by atoms with Crippen LogP contribution in [0.25, 0.3) is 0 Å². The van der Waals surface area contributed by atoms with Crippen LogP contribution < -0.4 is 10.6 Å². The fourth-order valence-corrected chi connectivity index (χ4v) is 2.25. The molecule has 1 fully saturated rings. The normalized spacial score (nSPS) is 19.7. The van der Waals surface area contributed by atoms with Crippen LogP contribution in [0.15, 0.2) is 6.20 Å². The maximum Gasteiger partial charge on any atom is 0.315 e. The van der Waals surface area contributed by atoms with E-state index in [9.17, 15) is 4.79 Å². The van der Waals surface area contributed by atoms with Gasteiger partial charge in [0.25, 0.3) is 0 Å². The van der Waals surface area contributed by atoms with Crippen molar-refractivity contribution in [3.63, 3.8) is 0 Å². The van der Waals surface area contributed by atoms with Crippen molar-refractivity contribution in [3.8, 4) is 0 Å². The van der Waals surface area contributed by atoms with Gasteiger partial charge < -0.3 is 15.4 Å². The average Bonchev–Trinajstić information content (AvgIpc) is 2.87. The molecule has 5 nitrogen and oxygen atoms in total. The van der Waals surface area contributed by atoms with Crippen LogP contribution >= 0.6 is 11.3 Å². The van der Waals surface area contributed by atoms with Crippen LogP contribution in [0.2, 0.25) is 0 Å². The van der Waals surface area contributed by atoms with Crippen molar-refractivity contribution in [1.29, 1.82) is 0 Å². The van der Waals surface area contributed by atoms with E-state index in [1.807, 2.05) is 13.1 Å². The maximum absolute atomic E-state index is 11.5. The highest BCUT2D eigenvalue weighted by Gasteiger charge is 2.17. The van der Waals surface area contributed by atoms with Crippen molar-refractivity contribution in [2.24, 2.45) is 0 Å². The zero-order chi connectivity index (χ0) is 11.4. The number of carbonyl (C=O) groups is 1. The van der Waals surface area contributed by atoms with Crippen molar-refractivity contribution in [3.05, 3.63) is 16.1 Å². The monoisotopic (exact) mass is 241 g/mol. The molecule has 1 aliphatic rings. The van der Waals surface area contributed by atoms with Crippen molar-refractivity contribution in [2.75, 3.05) is 13.2 Å². The van der Waals surface area contributed by atoms with Gasteiger partial charge in [0.15, 0.2) is 0 Å². The van der Waals surface area contributed by atoms with E-state index in [1.54, 1.807) is 11.3 Å². The van der Waals surface area contributed by atoms with E-state index in [2.05, 4.69) is 15.6 Å². The van der Waals surface area contributed by atoms with Gasteiger partial charge in [0, 0.05) is 17.7 Å². The molecule has 0 aliphatic carbocycles. The van der Waals surface area contributed by atoms with Crippen LogP contribution in [0.1, 0.15) is 16.3 Å². The molecule has 1 aromatic heterocycles. The van der Waals surface area contributed by atoms with Gasteiger partial charge >= 0.3 is 6.03 Å². The Balaban J connectivity index is 1.71. The molecule has 0 spiro atoms. The van der Waals surface area contributed by atoms with E-state index in [-0.39, 0.29) is 12.1 Å². The number of aromatic nitrogens is 1. The SMILES string of the molecule is Cc1cnc(CNC(=O)NC2CCOC2)s1. The summed E-state index contributed by atoms with van der Waals surface area (Å²) < 4.78 is 5.17. The fourth-order valence-electron chi connectivity index (χ4n) is 1.52. The number of urea groups is 1. The fraction of sp³-hybridized carbons (Fsp3) is 0.600. The standard InChI is InChI=1S/C10H15N3O2S/c1-7-4-11-9(16-7)5-12-10(14)13-8-2-3-15-6-8/h4,8H,2-3,5-6H2,1H3,(H2,12,13,14). The van der Waals surface area contributed by atoms with Gasteiger partial charge in [-0.1, -0.05) is 0 Å². The Bertz CT molecular complexity index is 361. The highest BCUT2D eigenvalue weighted by molar-refractivity contribution is 7.11. The summed E-state index contributed by atoms with van der Waals surface area (Å²) in [6.45, 7) is 3.83. The summed E-state index contributed by atoms with van der Waals surface area (Å²) in [5, 5.41) is 6.57. The van der Waals surface area contributed by atoms with Gasteiger partial charge in [0.1, 0.15) is 5.01 Å². The number of aryl methyl sites for hydroxylation is 1. The first kappa shape index (κ1) is 11.3. The molecule has 1 aromatic rings. The van der Waals surface area contributed by atoms with E-state index in [0.717, 1.165) is 22.9 Å². The molecule has 1 atom stereocenters. The molecule has 1 unspecified atom stereocenters. The van der Waals surface area contributed by atoms with Gasteiger partial charge in [0.2, 0.25) is 0 Å². The number of ether oxygens (including phenoxy) is 1. The molecule has 16 heavy (non-hydrogen) atoms. The molecule has 2 amide bonds. The number of hydrogen-bond donors (Lipinski definition) is 2. The van der Waals surface area contributed by atoms with Crippen LogP contribution in [-0.2, 0) is 11.3 Å². The zero-order valence-corrected chi connectivity index (χ0v) is 9.97. The molecule has 1 saturated heterocycles. The lowest BCUT2D eigenvalue weighted by Crippen LogP contribution is -2.41. The first-order chi connectivity index (χ1) is 7.74. The molecule has 0 saturated carbocycles. The maximum atomic E-state index is 11.5. The van der Waals surface area contributed by atoms with Gasteiger partial charge in [-0.05, 0) is 13.3 Å². The van der Waals surface area contributed by atoms with Crippen molar-refractivity contribution in [1.82, 2.24) is 15.6 Å². The van der Waals surface area contributed by atoms with Crippen molar-refractivity contribution in [2.45, 2.75) is 25.9 Å². The molecule has 6 heteroatoms. The minimum Gasteiger partial charge on any atom is -0.379 e. The Kier molecular flexibility index (Phi) is 3.74. The topological polar surface area (TPSA) is 63.2 Å².